The Morgan fingerprint density at radius 2 is 1.81 bits per heavy atom. The lowest BCUT2D eigenvalue weighted by Gasteiger charge is -2.13. The van der Waals surface area contributed by atoms with E-state index in [0.29, 0.717) is 16.4 Å². The molecule has 2 amide bonds. The average Bonchev–Trinajstić information content (AvgIpc) is 3.09. The van der Waals surface area contributed by atoms with Crippen molar-refractivity contribution in [2.24, 2.45) is 0 Å². The number of carbonyl (C=O) groups is 2. The minimum atomic E-state index is -0.315. The van der Waals surface area contributed by atoms with Crippen molar-refractivity contribution in [1.82, 2.24) is 10.3 Å². The van der Waals surface area contributed by atoms with Crippen LogP contribution in [-0.2, 0) is 11.2 Å². The zero-order valence-electron chi connectivity index (χ0n) is 14.6. The molecule has 138 valence electrons. The van der Waals surface area contributed by atoms with Crippen molar-refractivity contribution in [1.29, 1.82) is 0 Å². The van der Waals surface area contributed by atoms with Crippen molar-refractivity contribution in [3.8, 4) is 0 Å². The van der Waals surface area contributed by atoms with E-state index in [0.717, 1.165) is 5.56 Å². The molecule has 1 atom stereocenters. The van der Waals surface area contributed by atoms with Crippen molar-refractivity contribution in [3.63, 3.8) is 0 Å². The van der Waals surface area contributed by atoms with Crippen molar-refractivity contribution in [3.05, 3.63) is 82.6 Å². The lowest BCUT2D eigenvalue weighted by Crippen LogP contribution is -2.28. The third-order valence-corrected chi connectivity index (χ3v) is 4.70. The summed E-state index contributed by atoms with van der Waals surface area (Å²) >= 11 is 1.27. The van der Waals surface area contributed by atoms with Crippen molar-refractivity contribution < 1.29 is 14.0 Å². The van der Waals surface area contributed by atoms with E-state index in [-0.39, 0.29) is 30.1 Å². The van der Waals surface area contributed by atoms with E-state index in [9.17, 15) is 14.0 Å². The van der Waals surface area contributed by atoms with Crippen molar-refractivity contribution in [2.75, 3.05) is 5.32 Å². The maximum absolute atomic E-state index is 13.0. The number of rotatable bonds is 6. The van der Waals surface area contributed by atoms with Gasteiger partial charge in [-0.25, -0.2) is 9.37 Å². The van der Waals surface area contributed by atoms with Crippen molar-refractivity contribution >= 4 is 28.3 Å². The molecule has 2 aromatic carbocycles. The summed E-state index contributed by atoms with van der Waals surface area (Å²) in [5.41, 5.74) is 1.94. The standard InChI is InChI=1S/C20H18FN3O2S/c1-13(14-7-9-16(21)10-8-14)22-18(25)11-17-12-27-20(23-17)24-19(26)15-5-3-2-4-6-15/h2-10,12-13H,11H2,1H3,(H,22,25)(H,23,24,26). The van der Waals surface area contributed by atoms with Gasteiger partial charge in [0.25, 0.3) is 5.91 Å². The number of benzene rings is 2. The van der Waals surface area contributed by atoms with Gasteiger partial charge in [0, 0.05) is 10.9 Å². The number of hydrogen-bond acceptors (Lipinski definition) is 4. The first-order chi connectivity index (χ1) is 13.0. The van der Waals surface area contributed by atoms with Gasteiger partial charge in [-0.1, -0.05) is 30.3 Å². The predicted molar refractivity (Wildman–Crippen MR) is 103 cm³/mol. The number of anilines is 1. The quantitative estimate of drug-likeness (QED) is 0.677. The molecule has 0 saturated heterocycles. The Hall–Kier alpha value is -3.06. The molecule has 1 heterocycles. The topological polar surface area (TPSA) is 71.1 Å². The van der Waals surface area contributed by atoms with E-state index >= 15 is 0 Å². The second kappa shape index (κ2) is 8.55. The molecule has 0 fully saturated rings. The van der Waals surface area contributed by atoms with Crippen LogP contribution >= 0.6 is 11.3 Å². The number of halogens is 1. The first-order valence-electron chi connectivity index (χ1n) is 8.37. The average molecular weight is 383 g/mol. The van der Waals surface area contributed by atoms with Crippen LogP contribution in [0, 0.1) is 5.82 Å². The van der Waals surface area contributed by atoms with Gasteiger partial charge in [-0.05, 0) is 36.8 Å². The molecular formula is C20H18FN3O2S. The normalized spacial score (nSPS) is 11.6. The minimum absolute atomic E-state index is 0.100. The summed E-state index contributed by atoms with van der Waals surface area (Å²) in [7, 11) is 0. The maximum Gasteiger partial charge on any atom is 0.257 e. The fraction of sp³-hybridized carbons (Fsp3) is 0.150. The molecule has 2 N–H and O–H groups in total. The van der Waals surface area contributed by atoms with Crippen LogP contribution in [0.15, 0.2) is 60.0 Å². The Balaban J connectivity index is 1.54. The molecule has 5 nitrogen and oxygen atoms in total. The highest BCUT2D eigenvalue weighted by Gasteiger charge is 2.13. The summed E-state index contributed by atoms with van der Waals surface area (Å²) in [5, 5.41) is 7.76. The van der Waals surface area contributed by atoms with Gasteiger partial charge in [0.05, 0.1) is 18.2 Å². The van der Waals surface area contributed by atoms with Gasteiger partial charge >= 0.3 is 0 Å². The van der Waals surface area contributed by atoms with E-state index in [4.69, 9.17) is 0 Å². The van der Waals surface area contributed by atoms with E-state index in [2.05, 4.69) is 15.6 Å². The SMILES string of the molecule is CC(NC(=O)Cc1csc(NC(=O)c2ccccc2)n1)c1ccc(F)cc1. The van der Waals surface area contributed by atoms with Crippen LogP contribution in [-0.4, -0.2) is 16.8 Å². The van der Waals surface area contributed by atoms with Gasteiger partial charge in [-0.15, -0.1) is 11.3 Å². The number of nitrogens with zero attached hydrogens (tertiary/aromatic N) is 1. The molecule has 0 spiro atoms. The van der Waals surface area contributed by atoms with Crippen LogP contribution in [0.3, 0.4) is 0 Å². The molecule has 0 saturated carbocycles. The monoisotopic (exact) mass is 383 g/mol. The van der Waals surface area contributed by atoms with Crippen LogP contribution in [0.1, 0.15) is 34.6 Å². The second-order valence-electron chi connectivity index (χ2n) is 5.98. The second-order valence-corrected chi connectivity index (χ2v) is 6.84. The smallest absolute Gasteiger partial charge is 0.257 e. The summed E-state index contributed by atoms with van der Waals surface area (Å²) in [6, 6.07) is 14.6. The first-order valence-corrected chi connectivity index (χ1v) is 9.25. The number of carbonyl (C=O) groups excluding carboxylic acids is 2. The molecular weight excluding hydrogens is 365 g/mol. The molecule has 0 aliphatic rings. The minimum Gasteiger partial charge on any atom is -0.349 e. The number of hydrogen-bond donors (Lipinski definition) is 2. The number of thiazole rings is 1. The molecule has 1 unspecified atom stereocenters. The first kappa shape index (κ1) is 18.7. The fourth-order valence-corrected chi connectivity index (χ4v) is 3.20. The zero-order valence-corrected chi connectivity index (χ0v) is 15.4. The lowest BCUT2D eigenvalue weighted by molar-refractivity contribution is -0.121. The van der Waals surface area contributed by atoms with Gasteiger partial charge in [-0.3, -0.25) is 14.9 Å². The van der Waals surface area contributed by atoms with E-state index < -0.39 is 0 Å². The van der Waals surface area contributed by atoms with Crippen LogP contribution in [0.5, 0.6) is 0 Å². The summed E-state index contributed by atoms with van der Waals surface area (Å²) in [4.78, 5) is 28.6. The van der Waals surface area contributed by atoms with Crippen LogP contribution < -0.4 is 10.6 Å². The fourth-order valence-electron chi connectivity index (χ4n) is 2.50. The Kier molecular flexibility index (Phi) is 5.93. The maximum atomic E-state index is 13.0. The molecule has 0 radical (unpaired) electrons. The van der Waals surface area contributed by atoms with Crippen LogP contribution in [0.25, 0.3) is 0 Å². The predicted octanol–water partition coefficient (Wildman–Crippen LogP) is 3.95. The van der Waals surface area contributed by atoms with E-state index in [1.54, 1.807) is 41.8 Å². The summed E-state index contributed by atoms with van der Waals surface area (Å²) in [6.07, 6.45) is 0.100. The molecule has 3 aromatic rings. The Bertz CT molecular complexity index is 926. The van der Waals surface area contributed by atoms with Crippen LogP contribution in [0.2, 0.25) is 0 Å². The molecule has 3 rings (SSSR count). The highest BCUT2D eigenvalue weighted by Crippen LogP contribution is 2.18. The third kappa shape index (κ3) is 5.21. The van der Waals surface area contributed by atoms with Gasteiger partial charge in [0.2, 0.25) is 5.91 Å². The largest absolute Gasteiger partial charge is 0.349 e. The molecule has 27 heavy (non-hydrogen) atoms. The number of nitrogens with one attached hydrogen (secondary N) is 2. The molecule has 0 bridgehead atoms. The summed E-state index contributed by atoms with van der Waals surface area (Å²) in [6.45, 7) is 1.83. The summed E-state index contributed by atoms with van der Waals surface area (Å²) in [5.74, 6) is -0.756. The van der Waals surface area contributed by atoms with Gasteiger partial charge < -0.3 is 5.32 Å². The van der Waals surface area contributed by atoms with Crippen LogP contribution in [0.4, 0.5) is 9.52 Å². The van der Waals surface area contributed by atoms with E-state index in [1.807, 2.05) is 13.0 Å². The number of amides is 2. The summed E-state index contributed by atoms with van der Waals surface area (Å²) < 4.78 is 13.0. The Morgan fingerprint density at radius 3 is 2.52 bits per heavy atom. The lowest BCUT2D eigenvalue weighted by atomic mass is 10.1. The highest BCUT2D eigenvalue weighted by atomic mass is 32.1. The highest BCUT2D eigenvalue weighted by molar-refractivity contribution is 7.14. The van der Waals surface area contributed by atoms with Gasteiger partial charge in [0.1, 0.15) is 5.82 Å². The molecule has 7 heteroatoms. The Morgan fingerprint density at radius 1 is 1.11 bits per heavy atom. The Labute approximate surface area is 160 Å². The molecule has 0 aliphatic heterocycles. The zero-order chi connectivity index (χ0) is 19.2. The van der Waals surface area contributed by atoms with Gasteiger partial charge in [-0.2, -0.15) is 0 Å². The molecule has 1 aromatic heterocycles. The third-order valence-electron chi connectivity index (χ3n) is 3.90. The van der Waals surface area contributed by atoms with Crippen molar-refractivity contribution in [2.45, 2.75) is 19.4 Å². The van der Waals surface area contributed by atoms with E-state index in [1.165, 1.54) is 23.5 Å². The number of aromatic nitrogens is 1. The van der Waals surface area contributed by atoms with Gasteiger partial charge in [0.15, 0.2) is 5.13 Å². The molecule has 0 aliphatic carbocycles.